The van der Waals surface area contributed by atoms with E-state index in [4.69, 9.17) is 28.9 Å². The first kappa shape index (κ1) is 10.5. The molecule has 0 radical (unpaired) electrons. The highest BCUT2D eigenvalue weighted by Gasteiger charge is 2.42. The lowest BCUT2D eigenvalue weighted by atomic mass is 10.4. The lowest BCUT2D eigenvalue weighted by Gasteiger charge is -2.12. The lowest BCUT2D eigenvalue weighted by Crippen LogP contribution is -2.41. The Morgan fingerprint density at radius 1 is 1.55 bits per heavy atom. The highest BCUT2D eigenvalue weighted by molar-refractivity contribution is 6.66. The summed E-state index contributed by atoms with van der Waals surface area (Å²) in [5.41, 5.74) is 4.70. The molecule has 0 rings (SSSR count). The average Bonchev–Trinajstić information content (AvgIpc) is 1.88. The third-order valence-corrected chi connectivity index (χ3v) is 1.52. The van der Waals surface area contributed by atoms with Crippen molar-refractivity contribution < 1.29 is 14.3 Å². The highest BCUT2D eigenvalue weighted by Crippen LogP contribution is 2.21. The minimum atomic E-state index is -2.27. The lowest BCUT2D eigenvalue weighted by molar-refractivity contribution is -0.146. The van der Waals surface area contributed by atoms with Gasteiger partial charge in [0.2, 0.25) is 0 Å². The highest BCUT2D eigenvalue weighted by atomic mass is 35.5. The third-order valence-electron chi connectivity index (χ3n) is 0.841. The van der Waals surface area contributed by atoms with Gasteiger partial charge in [0, 0.05) is 0 Å². The molecule has 11 heavy (non-hydrogen) atoms. The number of hydrogen-bond donors (Lipinski definition) is 1. The van der Waals surface area contributed by atoms with Gasteiger partial charge in [-0.2, -0.15) is 0 Å². The zero-order valence-corrected chi connectivity index (χ0v) is 7.28. The molecule has 6 heteroatoms. The van der Waals surface area contributed by atoms with Crippen molar-refractivity contribution in [2.75, 3.05) is 6.61 Å². The number of halogens is 2. The van der Waals surface area contributed by atoms with Crippen LogP contribution in [0.2, 0.25) is 0 Å². The first-order chi connectivity index (χ1) is 4.92. The Morgan fingerprint density at radius 2 is 2.00 bits per heavy atom. The van der Waals surface area contributed by atoms with Gasteiger partial charge in [0.05, 0.1) is 6.61 Å². The van der Waals surface area contributed by atoms with Crippen molar-refractivity contribution in [2.24, 2.45) is 5.73 Å². The molecule has 0 fully saturated rings. The van der Waals surface area contributed by atoms with Crippen LogP contribution in [0.1, 0.15) is 6.92 Å². The molecule has 0 heterocycles. The van der Waals surface area contributed by atoms with Crippen LogP contribution in [0.25, 0.3) is 0 Å². The summed E-state index contributed by atoms with van der Waals surface area (Å²) in [6.07, 6.45) is 0. The summed E-state index contributed by atoms with van der Waals surface area (Å²) in [5.74, 6) is -2.19. The second-order valence-corrected chi connectivity index (χ2v) is 2.99. The van der Waals surface area contributed by atoms with E-state index in [1.165, 1.54) is 0 Å². The van der Waals surface area contributed by atoms with Crippen molar-refractivity contribution in [3.05, 3.63) is 0 Å². The Hall–Kier alpha value is -0.480. The smallest absolute Gasteiger partial charge is 0.352 e. The summed E-state index contributed by atoms with van der Waals surface area (Å²) in [5, 5.41) is 0. The summed E-state index contributed by atoms with van der Waals surface area (Å²) in [6.45, 7) is 1.65. The first-order valence-corrected chi connectivity index (χ1v) is 3.53. The van der Waals surface area contributed by atoms with Gasteiger partial charge in [0.15, 0.2) is 0 Å². The van der Waals surface area contributed by atoms with Crippen LogP contribution in [0.3, 0.4) is 0 Å². The summed E-state index contributed by atoms with van der Waals surface area (Å²) in [4.78, 5) is 21.1. The molecule has 0 spiro atoms. The van der Waals surface area contributed by atoms with Crippen molar-refractivity contribution in [3.8, 4) is 0 Å². The van der Waals surface area contributed by atoms with Gasteiger partial charge in [-0.3, -0.25) is 4.79 Å². The van der Waals surface area contributed by atoms with E-state index in [2.05, 4.69) is 4.74 Å². The second-order valence-electron chi connectivity index (χ2n) is 1.66. The number of alkyl halides is 2. The van der Waals surface area contributed by atoms with E-state index in [-0.39, 0.29) is 6.61 Å². The fourth-order valence-corrected chi connectivity index (χ4v) is 0.431. The Kier molecular flexibility index (Phi) is 3.62. The van der Waals surface area contributed by atoms with E-state index in [0.29, 0.717) is 0 Å². The normalized spacial score (nSPS) is 10.8. The molecule has 0 aliphatic carbocycles. The Morgan fingerprint density at radius 3 is 2.27 bits per heavy atom. The summed E-state index contributed by atoms with van der Waals surface area (Å²) < 4.78 is 2.10. The fraction of sp³-hybridized carbons (Fsp3) is 0.600. The number of amides is 1. The van der Waals surface area contributed by atoms with Crippen LogP contribution in [0, 0.1) is 0 Å². The van der Waals surface area contributed by atoms with E-state index in [1.54, 1.807) is 6.92 Å². The van der Waals surface area contributed by atoms with E-state index < -0.39 is 16.2 Å². The molecule has 0 aromatic carbocycles. The van der Waals surface area contributed by atoms with Gasteiger partial charge >= 0.3 is 5.97 Å². The Labute approximate surface area is 73.6 Å². The van der Waals surface area contributed by atoms with E-state index in [0.717, 1.165) is 0 Å². The topological polar surface area (TPSA) is 69.4 Å². The number of nitrogens with two attached hydrogens (primary N) is 1. The number of esters is 1. The molecular formula is C5H7Cl2NO3. The van der Waals surface area contributed by atoms with E-state index >= 15 is 0 Å². The zero-order chi connectivity index (χ0) is 9.07. The average molecular weight is 200 g/mol. The number of rotatable bonds is 3. The molecule has 0 aromatic heterocycles. The molecule has 0 aromatic rings. The minimum Gasteiger partial charge on any atom is -0.463 e. The molecule has 64 valence electrons. The van der Waals surface area contributed by atoms with Crippen LogP contribution in [-0.4, -0.2) is 22.8 Å². The number of hydrogen-bond acceptors (Lipinski definition) is 3. The molecule has 2 N–H and O–H groups in total. The van der Waals surface area contributed by atoms with Crippen LogP contribution in [0.5, 0.6) is 0 Å². The molecular weight excluding hydrogens is 193 g/mol. The molecule has 0 unspecified atom stereocenters. The zero-order valence-electron chi connectivity index (χ0n) is 5.77. The maximum Gasteiger partial charge on any atom is 0.352 e. The third kappa shape index (κ3) is 2.55. The van der Waals surface area contributed by atoms with E-state index in [9.17, 15) is 9.59 Å². The predicted molar refractivity (Wildman–Crippen MR) is 40.3 cm³/mol. The number of primary amides is 1. The first-order valence-electron chi connectivity index (χ1n) is 2.77. The van der Waals surface area contributed by atoms with Crippen LogP contribution in [0.15, 0.2) is 0 Å². The molecule has 1 amide bonds. The van der Waals surface area contributed by atoms with Gasteiger partial charge < -0.3 is 10.5 Å². The van der Waals surface area contributed by atoms with Crippen LogP contribution in [0.4, 0.5) is 0 Å². The number of carbonyl (C=O) groups is 2. The molecule has 0 atom stereocenters. The molecule has 0 aliphatic heterocycles. The SMILES string of the molecule is CCOC(=O)C(Cl)(Cl)C(N)=O. The van der Waals surface area contributed by atoms with Crippen molar-refractivity contribution in [2.45, 2.75) is 11.3 Å². The second kappa shape index (κ2) is 3.78. The molecule has 0 bridgehead atoms. The van der Waals surface area contributed by atoms with Crippen LogP contribution >= 0.6 is 23.2 Å². The summed E-state index contributed by atoms with van der Waals surface area (Å²) in [7, 11) is 0. The standard InChI is InChI=1S/C5H7Cl2NO3/c1-2-11-4(10)5(6,7)3(8)9/h2H2,1H3,(H2,8,9). The van der Waals surface area contributed by atoms with Crippen LogP contribution in [-0.2, 0) is 14.3 Å². The van der Waals surface area contributed by atoms with Crippen molar-refractivity contribution >= 4 is 35.1 Å². The molecule has 0 aliphatic rings. The minimum absolute atomic E-state index is 0.0906. The molecule has 0 saturated heterocycles. The summed E-state index contributed by atoms with van der Waals surface area (Å²) in [6, 6.07) is 0. The molecule has 4 nitrogen and oxygen atoms in total. The summed E-state index contributed by atoms with van der Waals surface area (Å²) >= 11 is 10.4. The van der Waals surface area contributed by atoms with Crippen molar-refractivity contribution in [1.29, 1.82) is 0 Å². The molecule has 0 saturated carbocycles. The fourth-order valence-electron chi connectivity index (χ4n) is 0.322. The van der Waals surface area contributed by atoms with Gasteiger partial charge in [0.25, 0.3) is 10.2 Å². The van der Waals surface area contributed by atoms with Crippen molar-refractivity contribution in [3.63, 3.8) is 0 Å². The van der Waals surface area contributed by atoms with Gasteiger partial charge in [0.1, 0.15) is 0 Å². The Bertz CT molecular complexity index is 181. The quantitative estimate of drug-likeness (QED) is 0.402. The van der Waals surface area contributed by atoms with Gasteiger partial charge in [-0.1, -0.05) is 23.2 Å². The van der Waals surface area contributed by atoms with Crippen LogP contribution < -0.4 is 5.73 Å². The van der Waals surface area contributed by atoms with Gasteiger partial charge in [-0.25, -0.2) is 4.79 Å². The monoisotopic (exact) mass is 199 g/mol. The van der Waals surface area contributed by atoms with Gasteiger partial charge in [-0.15, -0.1) is 0 Å². The maximum absolute atomic E-state index is 10.7. The number of ether oxygens (including phenoxy) is 1. The van der Waals surface area contributed by atoms with Gasteiger partial charge in [-0.05, 0) is 6.92 Å². The number of carbonyl (C=O) groups excluding carboxylic acids is 2. The maximum atomic E-state index is 10.7. The predicted octanol–water partition coefficient (Wildman–Crippen LogP) is 0.209. The Balaban J connectivity index is 4.30. The van der Waals surface area contributed by atoms with E-state index in [1.807, 2.05) is 0 Å². The van der Waals surface area contributed by atoms with Crippen molar-refractivity contribution in [1.82, 2.24) is 0 Å². The largest absolute Gasteiger partial charge is 0.463 e.